The number of nitrogens with one attached hydrogen (secondary N) is 1. The third-order valence-corrected chi connectivity index (χ3v) is 5.42. The van der Waals surface area contributed by atoms with Gasteiger partial charge in [-0.15, -0.1) is 10.2 Å². The Labute approximate surface area is 180 Å². The molecule has 1 atom stereocenters. The molecule has 2 aromatic carbocycles. The van der Waals surface area contributed by atoms with Crippen LogP contribution in [0, 0.1) is 0 Å². The maximum absolute atomic E-state index is 12.2. The van der Waals surface area contributed by atoms with Gasteiger partial charge < -0.3 is 14.8 Å². The third-order valence-electron chi connectivity index (χ3n) is 4.49. The number of hydrogen-bond acceptors (Lipinski definition) is 6. The van der Waals surface area contributed by atoms with Crippen LogP contribution in [-0.2, 0) is 11.4 Å². The van der Waals surface area contributed by atoms with Crippen molar-refractivity contribution in [1.82, 2.24) is 20.1 Å². The lowest BCUT2D eigenvalue weighted by atomic mass is 10.3. The van der Waals surface area contributed by atoms with Crippen LogP contribution in [0.1, 0.15) is 26.1 Å². The monoisotopic (exact) mass is 426 g/mol. The van der Waals surface area contributed by atoms with Crippen molar-refractivity contribution in [2.24, 2.45) is 0 Å². The number of thioether (sulfide) groups is 1. The van der Waals surface area contributed by atoms with Crippen LogP contribution in [0.15, 0.2) is 59.8 Å². The quantitative estimate of drug-likeness (QED) is 0.496. The molecule has 1 aromatic heterocycles. The first-order chi connectivity index (χ1) is 14.6. The van der Waals surface area contributed by atoms with Crippen LogP contribution in [0.5, 0.6) is 11.5 Å². The van der Waals surface area contributed by atoms with Crippen LogP contribution in [0.4, 0.5) is 0 Å². The van der Waals surface area contributed by atoms with Gasteiger partial charge in [0.25, 0.3) is 0 Å². The van der Waals surface area contributed by atoms with E-state index in [-0.39, 0.29) is 24.3 Å². The molecule has 0 saturated heterocycles. The lowest BCUT2D eigenvalue weighted by Gasteiger charge is -2.12. The first-order valence-corrected chi connectivity index (χ1v) is 10.8. The van der Waals surface area contributed by atoms with Crippen molar-refractivity contribution in [3.63, 3.8) is 0 Å². The number of benzene rings is 2. The number of hydrogen-bond donors (Lipinski definition) is 1. The number of aromatic nitrogens is 3. The molecule has 0 saturated carbocycles. The van der Waals surface area contributed by atoms with E-state index < -0.39 is 0 Å². The molecular formula is C22H26N4O3S. The minimum absolute atomic E-state index is 0.0204. The Morgan fingerprint density at radius 3 is 2.47 bits per heavy atom. The van der Waals surface area contributed by atoms with Crippen LogP contribution in [0.3, 0.4) is 0 Å². The zero-order chi connectivity index (χ0) is 21.3. The predicted molar refractivity (Wildman–Crippen MR) is 117 cm³/mol. The molecule has 0 aliphatic carbocycles. The van der Waals surface area contributed by atoms with Gasteiger partial charge in [0, 0.05) is 11.7 Å². The molecule has 0 aliphatic heterocycles. The van der Waals surface area contributed by atoms with Crippen molar-refractivity contribution in [3.8, 4) is 17.2 Å². The maximum Gasteiger partial charge on any atom is 0.230 e. The lowest BCUT2D eigenvalue weighted by molar-refractivity contribution is -0.119. The summed E-state index contributed by atoms with van der Waals surface area (Å²) in [6, 6.07) is 17.3. The summed E-state index contributed by atoms with van der Waals surface area (Å²) in [5.41, 5.74) is 0.917. The van der Waals surface area contributed by atoms with Gasteiger partial charge in [0.2, 0.25) is 5.91 Å². The van der Waals surface area contributed by atoms with Gasteiger partial charge >= 0.3 is 0 Å². The first kappa shape index (κ1) is 21.7. The second kappa shape index (κ2) is 10.7. The van der Waals surface area contributed by atoms with E-state index in [0.717, 1.165) is 17.9 Å². The Bertz CT molecular complexity index is 945. The van der Waals surface area contributed by atoms with Crippen LogP contribution < -0.4 is 14.8 Å². The Morgan fingerprint density at radius 2 is 1.80 bits per heavy atom. The largest absolute Gasteiger partial charge is 0.497 e. The van der Waals surface area contributed by atoms with Crippen LogP contribution >= 0.6 is 11.8 Å². The molecule has 1 amide bonds. The van der Waals surface area contributed by atoms with Crippen LogP contribution in [0.2, 0.25) is 0 Å². The lowest BCUT2D eigenvalue weighted by Crippen LogP contribution is -2.33. The smallest absolute Gasteiger partial charge is 0.230 e. The highest BCUT2D eigenvalue weighted by Gasteiger charge is 2.17. The second-order valence-corrected chi connectivity index (χ2v) is 7.64. The zero-order valence-electron chi connectivity index (χ0n) is 17.4. The van der Waals surface area contributed by atoms with Gasteiger partial charge in [-0.05, 0) is 49.7 Å². The van der Waals surface area contributed by atoms with Gasteiger partial charge in [0.1, 0.15) is 18.1 Å². The minimum atomic E-state index is -0.0204. The molecule has 0 fully saturated rings. The highest BCUT2D eigenvalue weighted by molar-refractivity contribution is 7.99. The molecule has 30 heavy (non-hydrogen) atoms. The predicted octanol–water partition coefficient (Wildman–Crippen LogP) is 3.86. The van der Waals surface area contributed by atoms with E-state index in [4.69, 9.17) is 9.47 Å². The van der Waals surface area contributed by atoms with Crippen molar-refractivity contribution < 1.29 is 14.3 Å². The summed E-state index contributed by atoms with van der Waals surface area (Å²) < 4.78 is 13.0. The van der Waals surface area contributed by atoms with Gasteiger partial charge in [0.05, 0.1) is 12.9 Å². The van der Waals surface area contributed by atoms with E-state index in [2.05, 4.69) is 15.5 Å². The zero-order valence-corrected chi connectivity index (χ0v) is 18.2. The summed E-state index contributed by atoms with van der Waals surface area (Å²) in [6.07, 6.45) is 0.892. The number of para-hydroxylation sites is 1. The van der Waals surface area contributed by atoms with Crippen LogP contribution in [0.25, 0.3) is 5.69 Å². The average Bonchev–Trinajstić information content (AvgIpc) is 3.20. The van der Waals surface area contributed by atoms with Crippen molar-refractivity contribution in [2.45, 2.75) is 38.1 Å². The fourth-order valence-corrected chi connectivity index (χ4v) is 3.47. The third kappa shape index (κ3) is 5.76. The van der Waals surface area contributed by atoms with Crippen molar-refractivity contribution in [3.05, 3.63) is 60.4 Å². The second-order valence-electron chi connectivity index (χ2n) is 6.70. The van der Waals surface area contributed by atoms with Gasteiger partial charge in [0.15, 0.2) is 11.0 Å². The molecule has 8 heteroatoms. The fourth-order valence-electron chi connectivity index (χ4n) is 2.69. The summed E-state index contributed by atoms with van der Waals surface area (Å²) in [5, 5.41) is 12.2. The number of nitrogens with zero attached hydrogens (tertiary/aromatic N) is 3. The number of ether oxygens (including phenoxy) is 2. The molecular weight excluding hydrogens is 400 g/mol. The number of amides is 1. The minimum Gasteiger partial charge on any atom is -0.497 e. The van der Waals surface area contributed by atoms with E-state index in [9.17, 15) is 4.79 Å². The fraction of sp³-hybridized carbons (Fsp3) is 0.318. The molecule has 1 heterocycles. The molecule has 3 rings (SSSR count). The SMILES string of the molecule is CCC(C)NC(=O)CSc1nnc(COc2ccc(OC)cc2)n1-c1ccccc1. The number of rotatable bonds is 10. The molecule has 0 bridgehead atoms. The van der Waals surface area contributed by atoms with E-state index in [1.807, 2.05) is 73.0 Å². The van der Waals surface area contributed by atoms with Gasteiger partial charge in [-0.25, -0.2) is 0 Å². The van der Waals surface area contributed by atoms with E-state index in [1.54, 1.807) is 7.11 Å². The standard InChI is InChI=1S/C22H26N4O3S/c1-4-16(2)23-21(27)15-30-22-25-24-20(26(22)17-8-6-5-7-9-17)14-29-19-12-10-18(28-3)11-13-19/h5-13,16H,4,14-15H2,1-3H3,(H,23,27). The van der Waals surface area contributed by atoms with Crippen molar-refractivity contribution in [2.75, 3.05) is 12.9 Å². The summed E-state index contributed by atoms with van der Waals surface area (Å²) >= 11 is 1.36. The maximum atomic E-state index is 12.2. The van der Waals surface area contributed by atoms with Crippen molar-refractivity contribution in [1.29, 1.82) is 0 Å². The Morgan fingerprint density at radius 1 is 1.10 bits per heavy atom. The summed E-state index contributed by atoms with van der Waals surface area (Å²) in [7, 11) is 1.63. The topological polar surface area (TPSA) is 78.3 Å². The molecule has 1 N–H and O–H groups in total. The van der Waals surface area contributed by atoms with Gasteiger partial charge in [-0.2, -0.15) is 0 Å². The van der Waals surface area contributed by atoms with Gasteiger partial charge in [-0.3, -0.25) is 9.36 Å². The summed E-state index contributed by atoms with van der Waals surface area (Å²) in [4.78, 5) is 12.2. The Hall–Kier alpha value is -3.00. The molecule has 0 aliphatic rings. The van der Waals surface area contributed by atoms with Gasteiger partial charge in [-0.1, -0.05) is 36.9 Å². The number of methoxy groups -OCH3 is 1. The Balaban J connectivity index is 1.75. The number of carbonyl (C=O) groups excluding carboxylic acids is 1. The molecule has 0 radical (unpaired) electrons. The molecule has 7 nitrogen and oxygen atoms in total. The first-order valence-electron chi connectivity index (χ1n) is 9.79. The summed E-state index contributed by atoms with van der Waals surface area (Å²) in [5.74, 6) is 2.38. The molecule has 158 valence electrons. The number of carbonyl (C=O) groups is 1. The summed E-state index contributed by atoms with van der Waals surface area (Å²) in [6.45, 7) is 4.27. The average molecular weight is 427 g/mol. The van der Waals surface area contributed by atoms with Crippen LogP contribution in [-0.4, -0.2) is 39.6 Å². The Kier molecular flexibility index (Phi) is 7.73. The molecule has 1 unspecified atom stereocenters. The normalized spacial score (nSPS) is 11.7. The highest BCUT2D eigenvalue weighted by atomic mass is 32.2. The molecule has 0 spiro atoms. The van der Waals surface area contributed by atoms with E-state index in [1.165, 1.54) is 11.8 Å². The van der Waals surface area contributed by atoms with E-state index in [0.29, 0.717) is 16.7 Å². The molecule has 3 aromatic rings. The highest BCUT2D eigenvalue weighted by Crippen LogP contribution is 2.23. The van der Waals surface area contributed by atoms with Crippen molar-refractivity contribution >= 4 is 17.7 Å². The van der Waals surface area contributed by atoms with E-state index >= 15 is 0 Å².